The molecule has 1 N–H and O–H groups in total. The molecule has 0 spiro atoms. The Balaban J connectivity index is 1.59. The molecular weight excluding hydrogens is 372 g/mol. The summed E-state index contributed by atoms with van der Waals surface area (Å²) in [7, 11) is 2.12. The van der Waals surface area contributed by atoms with Gasteiger partial charge in [-0.1, -0.05) is 12.1 Å². The van der Waals surface area contributed by atoms with Gasteiger partial charge in [-0.15, -0.1) is 0 Å². The SMILES string of the molecule is CC(OCC1(c2ccc(F)cc2)CCN(C)CC1)c1cc(CF)cc2cn[nH]c12. The summed E-state index contributed by atoms with van der Waals surface area (Å²) in [6.45, 7) is 3.94. The van der Waals surface area contributed by atoms with Gasteiger partial charge in [0.05, 0.1) is 24.4 Å². The van der Waals surface area contributed by atoms with Crippen LogP contribution in [0, 0.1) is 5.82 Å². The molecule has 0 bridgehead atoms. The van der Waals surface area contributed by atoms with Gasteiger partial charge in [-0.05, 0) is 75.3 Å². The van der Waals surface area contributed by atoms with Crippen molar-refractivity contribution < 1.29 is 13.5 Å². The van der Waals surface area contributed by atoms with Crippen LogP contribution in [-0.4, -0.2) is 41.8 Å². The molecule has 0 amide bonds. The first-order chi connectivity index (χ1) is 14.0. The Bertz CT molecular complexity index is 962. The third kappa shape index (κ3) is 4.05. The normalized spacial score (nSPS) is 18.2. The standard InChI is InChI=1S/C23H27F2N3O/c1-16(21-12-17(13-24)11-18-14-26-27-22(18)21)29-15-23(7-9-28(2)10-8-23)19-3-5-20(25)6-4-19/h3-6,11-12,14,16H,7-10,13,15H2,1-2H3,(H,26,27). The molecule has 2 heterocycles. The van der Waals surface area contributed by atoms with Gasteiger partial charge in [-0.3, -0.25) is 5.10 Å². The van der Waals surface area contributed by atoms with Crippen molar-refractivity contribution in [1.82, 2.24) is 15.1 Å². The number of benzene rings is 2. The first-order valence-corrected chi connectivity index (χ1v) is 10.1. The summed E-state index contributed by atoms with van der Waals surface area (Å²) in [5.74, 6) is -0.226. The van der Waals surface area contributed by atoms with Crippen LogP contribution in [0.25, 0.3) is 10.9 Å². The number of nitrogens with zero attached hydrogens (tertiary/aromatic N) is 2. The number of alkyl halides is 1. The van der Waals surface area contributed by atoms with Crippen molar-refractivity contribution >= 4 is 10.9 Å². The van der Waals surface area contributed by atoms with Gasteiger partial charge >= 0.3 is 0 Å². The Kier molecular flexibility index (Phi) is 5.65. The fraction of sp³-hybridized carbons (Fsp3) is 0.435. The largest absolute Gasteiger partial charge is 0.373 e. The molecule has 1 atom stereocenters. The van der Waals surface area contributed by atoms with Crippen LogP contribution in [0.4, 0.5) is 8.78 Å². The van der Waals surface area contributed by atoms with Gasteiger partial charge in [0.25, 0.3) is 0 Å². The van der Waals surface area contributed by atoms with Gasteiger partial charge in [0.15, 0.2) is 0 Å². The van der Waals surface area contributed by atoms with Crippen LogP contribution in [-0.2, 0) is 16.8 Å². The topological polar surface area (TPSA) is 41.1 Å². The number of H-pyrrole nitrogens is 1. The van der Waals surface area contributed by atoms with E-state index in [4.69, 9.17) is 4.74 Å². The third-order valence-corrected chi connectivity index (χ3v) is 6.24. The number of fused-ring (bicyclic) bond motifs is 1. The first-order valence-electron chi connectivity index (χ1n) is 10.1. The summed E-state index contributed by atoms with van der Waals surface area (Å²) >= 11 is 0. The second-order valence-corrected chi connectivity index (χ2v) is 8.20. The van der Waals surface area contributed by atoms with Crippen molar-refractivity contribution in [2.45, 2.75) is 38.0 Å². The van der Waals surface area contributed by atoms with E-state index in [1.165, 1.54) is 12.1 Å². The molecule has 2 aromatic carbocycles. The van der Waals surface area contributed by atoms with E-state index in [-0.39, 0.29) is 17.3 Å². The number of nitrogens with one attached hydrogen (secondary N) is 1. The number of hydrogen-bond donors (Lipinski definition) is 1. The summed E-state index contributed by atoms with van der Waals surface area (Å²) in [5, 5.41) is 8.00. The van der Waals surface area contributed by atoms with E-state index in [2.05, 4.69) is 22.1 Å². The van der Waals surface area contributed by atoms with Crippen molar-refractivity contribution in [1.29, 1.82) is 0 Å². The highest BCUT2D eigenvalue weighted by Gasteiger charge is 2.36. The molecule has 0 aliphatic carbocycles. The number of rotatable bonds is 6. The zero-order valence-corrected chi connectivity index (χ0v) is 16.9. The van der Waals surface area contributed by atoms with Gasteiger partial charge < -0.3 is 9.64 Å². The zero-order chi connectivity index (χ0) is 20.4. The highest BCUT2D eigenvalue weighted by molar-refractivity contribution is 5.82. The van der Waals surface area contributed by atoms with E-state index in [1.54, 1.807) is 6.20 Å². The molecule has 1 saturated heterocycles. The Morgan fingerprint density at radius 1 is 1.21 bits per heavy atom. The first kappa shape index (κ1) is 20.0. The van der Waals surface area contributed by atoms with E-state index >= 15 is 0 Å². The summed E-state index contributed by atoms with van der Waals surface area (Å²) < 4.78 is 33.2. The molecule has 1 aliphatic rings. The molecule has 0 saturated carbocycles. The maximum atomic E-state index is 13.5. The second-order valence-electron chi connectivity index (χ2n) is 8.20. The number of aromatic amines is 1. The summed E-state index contributed by atoms with van der Waals surface area (Å²) in [5.41, 5.74) is 3.38. The molecule has 3 aromatic rings. The van der Waals surface area contributed by atoms with E-state index in [0.29, 0.717) is 12.2 Å². The maximum absolute atomic E-state index is 13.5. The third-order valence-electron chi connectivity index (χ3n) is 6.24. The van der Waals surface area contributed by atoms with Crippen molar-refractivity contribution in [2.75, 3.05) is 26.7 Å². The molecule has 4 rings (SSSR count). The smallest absolute Gasteiger partial charge is 0.123 e. The molecule has 1 fully saturated rings. The lowest BCUT2D eigenvalue weighted by atomic mass is 9.73. The van der Waals surface area contributed by atoms with Gasteiger partial charge in [-0.2, -0.15) is 5.10 Å². The van der Waals surface area contributed by atoms with E-state index < -0.39 is 6.67 Å². The minimum Gasteiger partial charge on any atom is -0.373 e. The highest BCUT2D eigenvalue weighted by Crippen LogP contribution is 2.38. The molecule has 1 aromatic heterocycles. The Morgan fingerprint density at radius 3 is 2.62 bits per heavy atom. The predicted octanol–water partition coefficient (Wildman–Crippen LogP) is 4.91. The average molecular weight is 399 g/mol. The van der Waals surface area contributed by atoms with E-state index in [9.17, 15) is 8.78 Å². The number of aromatic nitrogens is 2. The molecule has 6 heteroatoms. The summed E-state index contributed by atoms with van der Waals surface area (Å²) in [4.78, 5) is 2.31. The molecule has 29 heavy (non-hydrogen) atoms. The second kappa shape index (κ2) is 8.20. The number of piperidine rings is 1. The van der Waals surface area contributed by atoms with Crippen LogP contribution in [0.3, 0.4) is 0 Å². The van der Waals surface area contributed by atoms with Crippen LogP contribution < -0.4 is 0 Å². The van der Waals surface area contributed by atoms with Crippen LogP contribution in [0.5, 0.6) is 0 Å². The Morgan fingerprint density at radius 2 is 1.93 bits per heavy atom. The van der Waals surface area contributed by atoms with Crippen LogP contribution in [0.2, 0.25) is 0 Å². The molecule has 1 aliphatic heterocycles. The van der Waals surface area contributed by atoms with Crippen molar-refractivity contribution in [2.24, 2.45) is 0 Å². The average Bonchev–Trinajstić information content (AvgIpc) is 3.22. The van der Waals surface area contributed by atoms with Crippen LogP contribution in [0.15, 0.2) is 42.6 Å². The van der Waals surface area contributed by atoms with Gasteiger partial charge in [-0.25, -0.2) is 8.78 Å². The Labute approximate surface area is 169 Å². The molecule has 1 unspecified atom stereocenters. The minimum absolute atomic E-state index is 0.154. The van der Waals surface area contributed by atoms with Gasteiger partial charge in [0, 0.05) is 16.4 Å². The van der Waals surface area contributed by atoms with E-state index in [0.717, 1.165) is 48.0 Å². The molecular formula is C23H27F2N3O. The van der Waals surface area contributed by atoms with Crippen LogP contribution in [0.1, 0.15) is 42.6 Å². The number of likely N-dealkylation sites (tertiary alicyclic amines) is 1. The zero-order valence-electron chi connectivity index (χ0n) is 16.9. The number of halogens is 2. The minimum atomic E-state index is -0.521. The molecule has 4 nitrogen and oxygen atoms in total. The van der Waals surface area contributed by atoms with Gasteiger partial charge in [0.1, 0.15) is 12.5 Å². The molecule has 0 radical (unpaired) electrons. The fourth-order valence-electron chi connectivity index (χ4n) is 4.29. The lowest BCUT2D eigenvalue weighted by Gasteiger charge is -2.41. The van der Waals surface area contributed by atoms with E-state index in [1.807, 2.05) is 31.2 Å². The number of hydrogen-bond acceptors (Lipinski definition) is 3. The van der Waals surface area contributed by atoms with Crippen molar-refractivity contribution in [3.05, 3.63) is 65.1 Å². The quantitative estimate of drug-likeness (QED) is 0.640. The lowest BCUT2D eigenvalue weighted by molar-refractivity contribution is 0.00692. The monoisotopic (exact) mass is 399 g/mol. The van der Waals surface area contributed by atoms with Gasteiger partial charge in [0.2, 0.25) is 0 Å². The maximum Gasteiger partial charge on any atom is 0.123 e. The summed E-state index contributed by atoms with van der Waals surface area (Å²) in [6.07, 6.45) is 3.39. The Hall–Kier alpha value is -2.31. The van der Waals surface area contributed by atoms with Crippen molar-refractivity contribution in [3.8, 4) is 0 Å². The van der Waals surface area contributed by atoms with Crippen LogP contribution >= 0.6 is 0 Å². The fourth-order valence-corrected chi connectivity index (χ4v) is 4.29. The molecule has 154 valence electrons. The lowest BCUT2D eigenvalue weighted by Crippen LogP contribution is -2.44. The predicted molar refractivity (Wildman–Crippen MR) is 110 cm³/mol. The highest BCUT2D eigenvalue weighted by atomic mass is 19.1. The number of ether oxygens (including phenoxy) is 1. The summed E-state index contributed by atoms with van der Waals surface area (Å²) in [6, 6.07) is 10.5. The van der Waals surface area contributed by atoms with Crippen molar-refractivity contribution in [3.63, 3.8) is 0 Å².